The molecule has 3 amide bonds. The summed E-state index contributed by atoms with van der Waals surface area (Å²) in [5, 5.41) is 2.71. The van der Waals surface area contributed by atoms with Crippen molar-refractivity contribution >= 4 is 29.3 Å². The molecular weight excluding hydrogens is 480 g/mol. The highest BCUT2D eigenvalue weighted by atomic mass is 35.5. The standard InChI is InChI=1S/C26H23ClN6O3/c1-17(34)33-11-10-32(25(35)9-8-18-6-4-3-5-7-18)15-23(33)19-12-21(31-24(27)13-19)20-14-22(26(36)28-2)30-16-29-20/h3-7,12-14,16,23H,10-11,15H2,1-2H3,(H,28,36)/t23-/m0/s1. The van der Waals surface area contributed by atoms with Gasteiger partial charge in [0.05, 0.1) is 17.4 Å². The van der Waals surface area contributed by atoms with Gasteiger partial charge in [0.15, 0.2) is 0 Å². The highest BCUT2D eigenvalue weighted by Crippen LogP contribution is 2.30. The van der Waals surface area contributed by atoms with E-state index >= 15 is 0 Å². The molecule has 1 N–H and O–H groups in total. The van der Waals surface area contributed by atoms with Crippen molar-refractivity contribution in [1.29, 1.82) is 0 Å². The Morgan fingerprint density at radius 2 is 1.83 bits per heavy atom. The zero-order chi connectivity index (χ0) is 25.7. The third-order valence-corrected chi connectivity index (χ3v) is 5.94. The molecule has 1 atom stereocenters. The summed E-state index contributed by atoms with van der Waals surface area (Å²) >= 11 is 6.35. The lowest BCUT2D eigenvalue weighted by molar-refractivity contribution is -0.139. The van der Waals surface area contributed by atoms with Crippen LogP contribution in [0.5, 0.6) is 0 Å². The van der Waals surface area contributed by atoms with Crippen molar-refractivity contribution in [2.24, 2.45) is 0 Å². The van der Waals surface area contributed by atoms with E-state index in [-0.39, 0.29) is 35.1 Å². The van der Waals surface area contributed by atoms with Crippen LogP contribution in [0.3, 0.4) is 0 Å². The lowest BCUT2D eigenvalue weighted by atomic mass is 10.0. The van der Waals surface area contributed by atoms with Crippen molar-refractivity contribution in [3.8, 4) is 23.2 Å². The molecule has 36 heavy (non-hydrogen) atoms. The van der Waals surface area contributed by atoms with Gasteiger partial charge in [-0.05, 0) is 35.9 Å². The Balaban J connectivity index is 1.64. The molecular formula is C26H23ClN6O3. The topological polar surface area (TPSA) is 108 Å². The van der Waals surface area contributed by atoms with Crippen molar-refractivity contribution in [3.05, 3.63) is 76.8 Å². The third kappa shape index (κ3) is 5.67. The molecule has 1 fully saturated rings. The number of hydrogen-bond donors (Lipinski definition) is 1. The predicted octanol–water partition coefficient (Wildman–Crippen LogP) is 2.34. The van der Waals surface area contributed by atoms with E-state index in [4.69, 9.17) is 11.6 Å². The monoisotopic (exact) mass is 502 g/mol. The number of carbonyl (C=O) groups excluding carboxylic acids is 3. The van der Waals surface area contributed by atoms with E-state index in [2.05, 4.69) is 32.1 Å². The van der Waals surface area contributed by atoms with Crippen LogP contribution < -0.4 is 5.32 Å². The Kier molecular flexibility index (Phi) is 7.56. The van der Waals surface area contributed by atoms with Crippen LogP contribution in [0.2, 0.25) is 5.15 Å². The number of amides is 3. The fraction of sp³-hybridized carbons (Fsp3) is 0.231. The number of aromatic nitrogens is 3. The summed E-state index contributed by atoms with van der Waals surface area (Å²) in [6.45, 7) is 2.45. The summed E-state index contributed by atoms with van der Waals surface area (Å²) in [7, 11) is 1.51. The van der Waals surface area contributed by atoms with E-state index in [0.717, 1.165) is 5.56 Å². The van der Waals surface area contributed by atoms with Crippen LogP contribution in [0.4, 0.5) is 0 Å². The molecule has 10 heteroatoms. The maximum Gasteiger partial charge on any atom is 0.298 e. The quantitative estimate of drug-likeness (QED) is 0.435. The molecule has 1 aromatic carbocycles. The molecule has 4 rings (SSSR count). The first kappa shape index (κ1) is 24.8. The largest absolute Gasteiger partial charge is 0.354 e. The van der Waals surface area contributed by atoms with Gasteiger partial charge in [-0.15, -0.1) is 0 Å². The second kappa shape index (κ2) is 11.0. The Hall–Kier alpha value is -4.29. The van der Waals surface area contributed by atoms with Gasteiger partial charge in [0.25, 0.3) is 11.8 Å². The molecule has 0 spiro atoms. The van der Waals surface area contributed by atoms with Crippen LogP contribution in [-0.4, -0.2) is 69.2 Å². The molecule has 1 aliphatic heterocycles. The molecule has 0 aliphatic carbocycles. The first-order valence-corrected chi connectivity index (χ1v) is 11.6. The molecule has 0 bridgehead atoms. The van der Waals surface area contributed by atoms with Gasteiger partial charge in [-0.1, -0.05) is 35.7 Å². The highest BCUT2D eigenvalue weighted by molar-refractivity contribution is 6.29. The summed E-state index contributed by atoms with van der Waals surface area (Å²) in [4.78, 5) is 53.2. The lowest BCUT2D eigenvalue weighted by Gasteiger charge is -2.40. The van der Waals surface area contributed by atoms with Gasteiger partial charge in [0.1, 0.15) is 17.2 Å². The highest BCUT2D eigenvalue weighted by Gasteiger charge is 2.32. The van der Waals surface area contributed by atoms with Crippen molar-refractivity contribution < 1.29 is 14.4 Å². The van der Waals surface area contributed by atoms with E-state index in [1.165, 1.54) is 26.4 Å². The van der Waals surface area contributed by atoms with E-state index in [9.17, 15) is 14.4 Å². The number of pyridine rings is 1. The van der Waals surface area contributed by atoms with E-state index < -0.39 is 6.04 Å². The molecule has 3 aromatic rings. The Morgan fingerprint density at radius 3 is 2.56 bits per heavy atom. The Bertz CT molecular complexity index is 1370. The van der Waals surface area contributed by atoms with Crippen molar-refractivity contribution in [1.82, 2.24) is 30.1 Å². The summed E-state index contributed by atoms with van der Waals surface area (Å²) in [6.07, 6.45) is 1.27. The molecule has 9 nitrogen and oxygen atoms in total. The van der Waals surface area contributed by atoms with E-state index in [1.54, 1.807) is 21.9 Å². The van der Waals surface area contributed by atoms with Gasteiger partial charge in [-0.3, -0.25) is 14.4 Å². The van der Waals surface area contributed by atoms with Crippen molar-refractivity contribution in [3.63, 3.8) is 0 Å². The van der Waals surface area contributed by atoms with Crippen LogP contribution in [0.25, 0.3) is 11.4 Å². The van der Waals surface area contributed by atoms with Crippen molar-refractivity contribution in [2.45, 2.75) is 13.0 Å². The minimum atomic E-state index is -0.460. The summed E-state index contributed by atoms with van der Waals surface area (Å²) in [5.74, 6) is 4.78. The van der Waals surface area contributed by atoms with Gasteiger partial charge < -0.3 is 15.1 Å². The van der Waals surface area contributed by atoms with Gasteiger partial charge in [0, 0.05) is 45.1 Å². The predicted molar refractivity (Wildman–Crippen MR) is 134 cm³/mol. The number of nitrogens with zero attached hydrogens (tertiary/aromatic N) is 5. The average Bonchev–Trinajstić information content (AvgIpc) is 2.91. The van der Waals surface area contributed by atoms with Crippen molar-refractivity contribution in [2.75, 3.05) is 26.7 Å². The smallest absolute Gasteiger partial charge is 0.298 e. The zero-order valence-corrected chi connectivity index (χ0v) is 20.5. The van der Waals surface area contributed by atoms with E-state index in [1.807, 2.05) is 30.3 Å². The van der Waals surface area contributed by atoms with Crippen LogP contribution in [-0.2, 0) is 9.59 Å². The summed E-state index contributed by atoms with van der Waals surface area (Å²) in [5.41, 5.74) is 2.44. The number of benzene rings is 1. The third-order valence-electron chi connectivity index (χ3n) is 5.75. The van der Waals surface area contributed by atoms with Gasteiger partial charge >= 0.3 is 0 Å². The molecule has 1 saturated heterocycles. The number of piperazine rings is 1. The Morgan fingerprint density at radius 1 is 1.06 bits per heavy atom. The van der Waals surface area contributed by atoms with Gasteiger partial charge in [-0.2, -0.15) is 0 Å². The number of halogens is 1. The molecule has 0 radical (unpaired) electrons. The molecule has 182 valence electrons. The molecule has 2 aromatic heterocycles. The Labute approximate surface area is 213 Å². The summed E-state index contributed by atoms with van der Waals surface area (Å²) in [6, 6.07) is 13.7. The fourth-order valence-electron chi connectivity index (χ4n) is 3.95. The minimum Gasteiger partial charge on any atom is -0.354 e. The van der Waals surface area contributed by atoms with Crippen LogP contribution in [0.1, 0.15) is 34.6 Å². The normalized spacial score (nSPS) is 15.0. The molecule has 0 saturated carbocycles. The minimum absolute atomic E-state index is 0.124. The number of carbonyl (C=O) groups is 3. The number of nitrogens with one attached hydrogen (secondary N) is 1. The zero-order valence-electron chi connectivity index (χ0n) is 19.7. The molecule has 1 aliphatic rings. The maximum atomic E-state index is 12.9. The first-order valence-electron chi connectivity index (χ1n) is 11.2. The second-order valence-electron chi connectivity index (χ2n) is 8.07. The van der Waals surface area contributed by atoms with Crippen LogP contribution in [0, 0.1) is 11.8 Å². The molecule has 0 unspecified atom stereocenters. The SMILES string of the molecule is CNC(=O)c1cc(-c2cc([C@@H]3CN(C(=O)C#Cc4ccccc4)CCN3C(C)=O)cc(Cl)n2)ncn1. The second-order valence-corrected chi connectivity index (χ2v) is 8.46. The number of hydrogen-bond acceptors (Lipinski definition) is 6. The average molecular weight is 503 g/mol. The molecule has 3 heterocycles. The number of rotatable bonds is 3. The van der Waals surface area contributed by atoms with Gasteiger partial charge in [0.2, 0.25) is 5.91 Å². The van der Waals surface area contributed by atoms with E-state index in [0.29, 0.717) is 30.0 Å². The fourth-order valence-corrected chi connectivity index (χ4v) is 4.16. The van der Waals surface area contributed by atoms with Gasteiger partial charge in [-0.25, -0.2) is 15.0 Å². The maximum absolute atomic E-state index is 12.9. The first-order chi connectivity index (χ1) is 17.4. The lowest BCUT2D eigenvalue weighted by Crippen LogP contribution is -2.51. The van der Waals surface area contributed by atoms with Crippen LogP contribution >= 0.6 is 11.6 Å². The summed E-state index contributed by atoms with van der Waals surface area (Å²) < 4.78 is 0. The van der Waals surface area contributed by atoms with Crippen LogP contribution in [0.15, 0.2) is 54.9 Å².